The average Bonchev–Trinajstić information content (AvgIpc) is 2.92. The van der Waals surface area contributed by atoms with Gasteiger partial charge in [0.1, 0.15) is 5.82 Å². The molecule has 3 unspecified atom stereocenters. The second kappa shape index (κ2) is 5.96. The fourth-order valence-corrected chi connectivity index (χ4v) is 4.14. The van der Waals surface area contributed by atoms with Crippen LogP contribution >= 0.6 is 0 Å². The van der Waals surface area contributed by atoms with E-state index >= 15 is 0 Å². The van der Waals surface area contributed by atoms with E-state index in [1.165, 1.54) is 37.8 Å². The van der Waals surface area contributed by atoms with Crippen LogP contribution in [0.25, 0.3) is 0 Å². The third-order valence-corrected chi connectivity index (χ3v) is 5.53. The zero-order chi connectivity index (χ0) is 15.0. The van der Waals surface area contributed by atoms with Gasteiger partial charge in [0.15, 0.2) is 0 Å². The van der Waals surface area contributed by atoms with Gasteiger partial charge < -0.3 is 10.2 Å². The molecule has 0 radical (unpaired) electrons. The number of hydrogen-bond donors (Lipinski definition) is 1. The van der Waals surface area contributed by atoms with Gasteiger partial charge in [-0.05, 0) is 69.3 Å². The van der Waals surface area contributed by atoms with E-state index in [-0.39, 0.29) is 11.9 Å². The third-order valence-electron chi connectivity index (χ3n) is 5.53. The van der Waals surface area contributed by atoms with E-state index in [4.69, 9.17) is 0 Å². The number of nitrogens with one attached hydrogen (secondary N) is 1. The van der Waals surface area contributed by atoms with Crippen LogP contribution in [0.4, 0.5) is 10.1 Å². The van der Waals surface area contributed by atoms with E-state index in [0.29, 0.717) is 6.04 Å². The summed E-state index contributed by atoms with van der Waals surface area (Å²) in [5.41, 5.74) is 3.12. The van der Waals surface area contributed by atoms with E-state index in [1.54, 1.807) is 6.07 Å². The standard InChI is InChI=1S/C18H27FN2/c1-12-10-18(15(11-16(12)19)13(2)20-3)21-9-8-14-6-4-5-7-17(14)21/h10-11,13-14,17,20H,4-9H2,1-3H3. The van der Waals surface area contributed by atoms with Crippen molar-refractivity contribution in [2.45, 2.75) is 58.0 Å². The molecule has 0 spiro atoms. The van der Waals surface area contributed by atoms with Crippen molar-refractivity contribution in [3.63, 3.8) is 0 Å². The van der Waals surface area contributed by atoms with Crippen LogP contribution in [-0.4, -0.2) is 19.6 Å². The van der Waals surface area contributed by atoms with E-state index < -0.39 is 0 Å². The average molecular weight is 290 g/mol. The number of benzene rings is 1. The smallest absolute Gasteiger partial charge is 0.126 e. The fraction of sp³-hybridized carbons (Fsp3) is 0.667. The van der Waals surface area contributed by atoms with Gasteiger partial charge in [0.2, 0.25) is 0 Å². The molecule has 2 fully saturated rings. The number of hydrogen-bond acceptors (Lipinski definition) is 2. The highest BCUT2D eigenvalue weighted by molar-refractivity contribution is 5.58. The SMILES string of the molecule is CNC(C)c1cc(F)c(C)cc1N1CCC2CCCCC21. The molecule has 1 N–H and O–H groups in total. The van der Waals surface area contributed by atoms with Crippen LogP contribution in [0.1, 0.15) is 56.2 Å². The van der Waals surface area contributed by atoms with Crippen LogP contribution in [0.5, 0.6) is 0 Å². The minimum Gasteiger partial charge on any atom is -0.368 e. The van der Waals surface area contributed by atoms with Crippen LogP contribution in [0.3, 0.4) is 0 Å². The first-order valence-electron chi connectivity index (χ1n) is 8.35. The van der Waals surface area contributed by atoms with Crippen molar-refractivity contribution in [1.82, 2.24) is 5.32 Å². The molecule has 3 rings (SSSR count). The Morgan fingerprint density at radius 1 is 1.24 bits per heavy atom. The Labute approximate surface area is 127 Å². The lowest BCUT2D eigenvalue weighted by molar-refractivity contribution is 0.341. The van der Waals surface area contributed by atoms with Crippen LogP contribution in [-0.2, 0) is 0 Å². The Morgan fingerprint density at radius 2 is 2.00 bits per heavy atom. The predicted molar refractivity (Wildman–Crippen MR) is 86.3 cm³/mol. The Bertz CT molecular complexity index is 514. The van der Waals surface area contributed by atoms with Gasteiger partial charge in [-0.2, -0.15) is 0 Å². The van der Waals surface area contributed by atoms with Gasteiger partial charge in [0.25, 0.3) is 0 Å². The molecule has 1 saturated carbocycles. The quantitative estimate of drug-likeness (QED) is 0.898. The molecule has 21 heavy (non-hydrogen) atoms. The summed E-state index contributed by atoms with van der Waals surface area (Å²) in [6.45, 7) is 5.12. The molecule has 1 aromatic carbocycles. The third kappa shape index (κ3) is 2.68. The first-order chi connectivity index (χ1) is 10.1. The van der Waals surface area contributed by atoms with E-state index in [2.05, 4.69) is 23.2 Å². The number of halogens is 1. The normalized spacial score (nSPS) is 26.8. The summed E-state index contributed by atoms with van der Waals surface area (Å²) in [6, 6.07) is 4.65. The van der Waals surface area contributed by atoms with Crippen LogP contribution in [0.15, 0.2) is 12.1 Å². The van der Waals surface area contributed by atoms with Crippen LogP contribution in [0.2, 0.25) is 0 Å². The second-order valence-corrected chi connectivity index (χ2v) is 6.76. The molecule has 3 heteroatoms. The maximum atomic E-state index is 14.0. The molecule has 1 aliphatic heterocycles. The van der Waals surface area contributed by atoms with Crippen molar-refractivity contribution < 1.29 is 4.39 Å². The first kappa shape index (κ1) is 14.8. The fourth-order valence-electron chi connectivity index (χ4n) is 4.14. The minimum absolute atomic E-state index is 0.0877. The maximum absolute atomic E-state index is 14.0. The van der Waals surface area contributed by atoms with Gasteiger partial charge in [-0.25, -0.2) is 4.39 Å². The first-order valence-corrected chi connectivity index (χ1v) is 8.35. The topological polar surface area (TPSA) is 15.3 Å². The molecule has 0 amide bonds. The van der Waals surface area contributed by atoms with Gasteiger partial charge in [-0.15, -0.1) is 0 Å². The van der Waals surface area contributed by atoms with Gasteiger partial charge in [-0.3, -0.25) is 0 Å². The number of nitrogens with zero attached hydrogens (tertiary/aromatic N) is 1. The Hall–Kier alpha value is -1.09. The zero-order valence-electron chi connectivity index (χ0n) is 13.5. The molecule has 2 nitrogen and oxygen atoms in total. The molecule has 116 valence electrons. The predicted octanol–water partition coefficient (Wildman–Crippen LogP) is 4.18. The summed E-state index contributed by atoms with van der Waals surface area (Å²) < 4.78 is 14.0. The molecular weight excluding hydrogens is 263 g/mol. The molecule has 1 heterocycles. The van der Waals surface area contributed by atoms with Crippen LogP contribution < -0.4 is 10.2 Å². The molecular formula is C18H27FN2. The van der Waals surface area contributed by atoms with Crippen molar-refractivity contribution in [1.29, 1.82) is 0 Å². The number of rotatable bonds is 3. The molecule has 0 bridgehead atoms. The summed E-state index contributed by atoms with van der Waals surface area (Å²) >= 11 is 0. The molecule has 2 aliphatic rings. The lowest BCUT2D eigenvalue weighted by atomic mass is 9.85. The van der Waals surface area contributed by atoms with Crippen molar-refractivity contribution in [3.05, 3.63) is 29.1 Å². The van der Waals surface area contributed by atoms with E-state index in [0.717, 1.165) is 23.6 Å². The Kier molecular flexibility index (Phi) is 4.21. The maximum Gasteiger partial charge on any atom is 0.126 e. The summed E-state index contributed by atoms with van der Waals surface area (Å²) in [5.74, 6) is 0.761. The summed E-state index contributed by atoms with van der Waals surface area (Å²) in [5, 5.41) is 3.27. The number of anilines is 1. The van der Waals surface area contributed by atoms with E-state index in [9.17, 15) is 4.39 Å². The number of aryl methyl sites for hydroxylation is 1. The van der Waals surface area contributed by atoms with Crippen molar-refractivity contribution in [3.8, 4) is 0 Å². The largest absolute Gasteiger partial charge is 0.368 e. The monoisotopic (exact) mass is 290 g/mol. The van der Waals surface area contributed by atoms with Crippen molar-refractivity contribution in [2.24, 2.45) is 5.92 Å². The summed E-state index contributed by atoms with van der Waals surface area (Å²) in [7, 11) is 1.94. The molecule has 1 saturated heterocycles. The Balaban J connectivity index is 1.98. The zero-order valence-corrected chi connectivity index (χ0v) is 13.5. The van der Waals surface area contributed by atoms with Gasteiger partial charge >= 0.3 is 0 Å². The highest BCUT2D eigenvalue weighted by Crippen LogP contribution is 2.41. The highest BCUT2D eigenvalue weighted by Gasteiger charge is 2.36. The van der Waals surface area contributed by atoms with E-state index in [1.807, 2.05) is 14.0 Å². The lowest BCUT2D eigenvalue weighted by Crippen LogP contribution is -2.36. The summed E-state index contributed by atoms with van der Waals surface area (Å²) in [4.78, 5) is 2.57. The van der Waals surface area contributed by atoms with Crippen LogP contribution in [0, 0.1) is 18.7 Å². The number of fused-ring (bicyclic) bond motifs is 1. The van der Waals surface area contributed by atoms with Crippen molar-refractivity contribution >= 4 is 5.69 Å². The lowest BCUT2D eigenvalue weighted by Gasteiger charge is -2.35. The Morgan fingerprint density at radius 3 is 2.76 bits per heavy atom. The molecule has 0 aromatic heterocycles. The van der Waals surface area contributed by atoms with Gasteiger partial charge in [-0.1, -0.05) is 12.8 Å². The minimum atomic E-state index is -0.0877. The molecule has 1 aliphatic carbocycles. The molecule has 1 aromatic rings. The van der Waals surface area contributed by atoms with Gasteiger partial charge in [0.05, 0.1) is 0 Å². The summed E-state index contributed by atoms with van der Waals surface area (Å²) in [6.07, 6.45) is 6.70. The second-order valence-electron chi connectivity index (χ2n) is 6.76. The highest BCUT2D eigenvalue weighted by atomic mass is 19.1. The van der Waals surface area contributed by atoms with Gasteiger partial charge in [0, 0.05) is 24.3 Å². The van der Waals surface area contributed by atoms with Crippen molar-refractivity contribution in [2.75, 3.05) is 18.5 Å². The molecule has 3 atom stereocenters.